The summed E-state index contributed by atoms with van der Waals surface area (Å²) in [7, 11) is 17.7. The summed E-state index contributed by atoms with van der Waals surface area (Å²) in [6.45, 7) is 4.58. The van der Waals surface area contributed by atoms with Crippen molar-refractivity contribution in [2.45, 2.75) is 37.8 Å². The third-order valence-electron chi connectivity index (χ3n) is 14.7. The van der Waals surface area contributed by atoms with E-state index in [1.807, 2.05) is 19.2 Å². The Bertz CT molecular complexity index is 4010. The topological polar surface area (TPSA) is 299 Å². The van der Waals surface area contributed by atoms with Gasteiger partial charge in [0.15, 0.2) is 0 Å². The molecular formula is C65H75Cl8N19O7. The van der Waals surface area contributed by atoms with Gasteiger partial charge >= 0.3 is 5.69 Å². The summed E-state index contributed by atoms with van der Waals surface area (Å²) >= 11 is 48.2. The van der Waals surface area contributed by atoms with E-state index in [1.54, 1.807) is 133 Å². The monoisotopic (exact) mass is 1510 g/mol. The van der Waals surface area contributed by atoms with Gasteiger partial charge in [0.2, 0.25) is 46.3 Å². The van der Waals surface area contributed by atoms with E-state index in [-0.39, 0.29) is 28.4 Å². The third kappa shape index (κ3) is 24.6. The first kappa shape index (κ1) is 78.1. The van der Waals surface area contributed by atoms with Gasteiger partial charge in [-0.3, -0.25) is 4.98 Å². The van der Waals surface area contributed by atoms with Crippen LogP contribution >= 0.6 is 92.8 Å². The molecule has 2 saturated heterocycles. The van der Waals surface area contributed by atoms with Crippen LogP contribution in [0.2, 0.25) is 40.7 Å². The largest absolute Gasteiger partial charge is 0.495 e. The molecular weight excluding hydrogens is 1440 g/mol. The summed E-state index contributed by atoms with van der Waals surface area (Å²) in [5, 5.41) is 21.4. The van der Waals surface area contributed by atoms with Crippen molar-refractivity contribution in [3.63, 3.8) is 0 Å². The van der Waals surface area contributed by atoms with Crippen molar-refractivity contribution in [1.29, 1.82) is 0 Å². The van der Waals surface area contributed by atoms with Gasteiger partial charge in [0.1, 0.15) is 34.5 Å². The smallest absolute Gasteiger partial charge is 0.350 e. The van der Waals surface area contributed by atoms with E-state index < -0.39 is 5.69 Å². The zero-order valence-corrected chi connectivity index (χ0v) is 61.6. The minimum atomic E-state index is -0.586. The second-order valence-electron chi connectivity index (χ2n) is 21.6. The number of H-pyrrole nitrogens is 1. The lowest BCUT2D eigenvalue weighted by Crippen LogP contribution is -2.42. The number of nitrogen functional groups attached to an aromatic ring is 1. The molecule has 0 atom stereocenters. The summed E-state index contributed by atoms with van der Waals surface area (Å²) in [4.78, 5) is 54.0. The van der Waals surface area contributed by atoms with Crippen LogP contribution < -0.4 is 76.6 Å². The number of halogens is 8. The molecule has 2 aliphatic heterocycles. The summed E-state index contributed by atoms with van der Waals surface area (Å²) in [5.41, 5.74) is 8.91. The minimum absolute atomic E-state index is 0.0224. The van der Waals surface area contributed by atoms with Crippen LogP contribution in [0, 0.1) is 0 Å². The van der Waals surface area contributed by atoms with Crippen molar-refractivity contribution in [3.8, 4) is 34.5 Å². The standard InChI is InChI=1S/C24H29Cl2N7O2.C17H14Cl3N5O2.C10H8Cl2N4O2.C7H8ClNO.C7H16N2/c1-32-11-9-17(10-12-32)33(2)24-30-22(27-15-5-7-20(34-3)18(25)13-15)29-23(31-24)28-16-6-8-21(35-4)19(26)14-16;1-26-13-5-3-9(7-11(13)18)21-16-23-15(20)24-17(25-16)22-10-4-6-14(27-2)12(19)8-10;1-18-7-3-2-5(4-6(7)11)13-9-14-8(12)15-10(17)16-9;1-10-7-3-2-5(9)4-6(7)8;1-8-7-3-5-9(2)6-4-7/h5-8,13-14,17H,9-12H2,1-4H3,(H2,27,28,29,30,31);3-8H,1-2H3,(H2,21,22,23,24,25);2-4H,1H3,(H2,13,14,15,16,17);2-4H,9H2,1H3;7-8H,3-6H2,1-2H3. The number of benzene rings is 6. The van der Waals surface area contributed by atoms with Crippen molar-refractivity contribution in [1.82, 2.24) is 60.0 Å². The maximum absolute atomic E-state index is 11.1. The molecule has 2 fully saturated rings. The van der Waals surface area contributed by atoms with Gasteiger partial charge in [-0.2, -0.15) is 39.9 Å². The fourth-order valence-electron chi connectivity index (χ4n) is 9.40. The number of hydrogen-bond donors (Lipinski definition) is 8. The number of methoxy groups -OCH3 is 6. The highest BCUT2D eigenvalue weighted by Gasteiger charge is 2.24. The van der Waals surface area contributed by atoms with E-state index in [4.69, 9.17) is 137 Å². The molecule has 11 rings (SSSR count). The van der Waals surface area contributed by atoms with E-state index in [0.717, 1.165) is 43.3 Å². The van der Waals surface area contributed by atoms with Gasteiger partial charge in [-0.25, -0.2) is 4.79 Å². The highest BCUT2D eigenvalue weighted by Crippen LogP contribution is 2.35. The fraction of sp³-hybridized carbons (Fsp3) is 0.308. The molecule has 0 unspecified atom stereocenters. The number of piperidine rings is 2. The van der Waals surface area contributed by atoms with Gasteiger partial charge in [0.05, 0.1) is 72.8 Å². The maximum atomic E-state index is 11.1. The van der Waals surface area contributed by atoms with Crippen LogP contribution in [-0.4, -0.2) is 164 Å². The third-order valence-corrected chi connectivity index (χ3v) is 16.9. The van der Waals surface area contributed by atoms with Crippen LogP contribution in [0.15, 0.2) is 114 Å². The Morgan fingerprint density at radius 3 is 1.04 bits per heavy atom. The summed E-state index contributed by atoms with van der Waals surface area (Å²) < 4.78 is 30.7. The summed E-state index contributed by atoms with van der Waals surface area (Å²) in [6.07, 6.45) is 4.69. The van der Waals surface area contributed by atoms with E-state index >= 15 is 0 Å². The molecule has 6 aromatic carbocycles. The Labute approximate surface area is 613 Å². The second kappa shape index (κ2) is 38.9. The first-order valence-corrected chi connectivity index (χ1v) is 33.2. The Morgan fingerprint density at radius 2 is 0.737 bits per heavy atom. The maximum Gasteiger partial charge on any atom is 0.350 e. The van der Waals surface area contributed by atoms with E-state index in [2.05, 4.69) is 103 Å². The van der Waals surface area contributed by atoms with E-state index in [1.165, 1.54) is 33.0 Å². The molecule has 0 saturated carbocycles. The van der Waals surface area contributed by atoms with Crippen LogP contribution in [0.3, 0.4) is 0 Å². The number of nitrogens with two attached hydrogens (primary N) is 1. The summed E-state index contributed by atoms with van der Waals surface area (Å²) in [5.74, 6) is 5.44. The number of nitrogens with zero attached hydrogens (tertiary/aromatic N) is 11. The van der Waals surface area contributed by atoms with Crippen LogP contribution in [0.1, 0.15) is 25.7 Å². The molecule has 99 heavy (non-hydrogen) atoms. The molecule has 9 N–H and O–H groups in total. The van der Waals surface area contributed by atoms with Crippen LogP contribution in [0.4, 0.5) is 69.8 Å². The normalized spacial score (nSPS) is 13.0. The molecule has 2 aliphatic rings. The number of ether oxygens (including phenoxy) is 6. The average molecular weight is 1520 g/mol. The average Bonchev–Trinajstić information content (AvgIpc) is 0.898. The molecule has 5 heterocycles. The SMILES string of the molecule is CNC1CCN(C)CC1.COc1ccc(N)cc1Cl.COc1ccc(Nc2nc(Cl)[nH]c(=O)n2)cc1Cl.COc1ccc(Nc2nc(Cl)nc(Nc3ccc(OC)c(Cl)c3)n2)cc1Cl.COc1ccc(Nc2nc(Nc3ccc(OC)c(Cl)c3)nc(N(C)C3CCN(C)CC3)n2)cc1Cl. The second-order valence-corrected chi connectivity index (χ2v) is 24.7. The van der Waals surface area contributed by atoms with E-state index in [9.17, 15) is 4.79 Å². The number of aromatic nitrogens is 9. The van der Waals surface area contributed by atoms with Gasteiger partial charge in [-0.15, -0.1) is 0 Å². The molecule has 26 nitrogen and oxygen atoms in total. The lowest BCUT2D eigenvalue weighted by Gasteiger charge is -2.35. The molecule has 0 spiro atoms. The Kier molecular flexibility index (Phi) is 30.7. The van der Waals surface area contributed by atoms with Gasteiger partial charge in [0, 0.05) is 53.3 Å². The van der Waals surface area contributed by atoms with Crippen molar-refractivity contribution in [2.24, 2.45) is 0 Å². The predicted molar refractivity (Wildman–Crippen MR) is 400 cm³/mol. The molecule has 0 bridgehead atoms. The van der Waals surface area contributed by atoms with Gasteiger partial charge < -0.3 is 80.8 Å². The predicted octanol–water partition coefficient (Wildman–Crippen LogP) is 15.0. The first-order chi connectivity index (χ1) is 47.5. The molecule has 0 radical (unpaired) electrons. The lowest BCUT2D eigenvalue weighted by atomic mass is 10.0. The van der Waals surface area contributed by atoms with Crippen molar-refractivity contribution in [3.05, 3.63) is 160 Å². The van der Waals surface area contributed by atoms with Crippen LogP contribution in [0.25, 0.3) is 0 Å². The first-order valence-electron chi connectivity index (χ1n) is 30.2. The molecule has 9 aromatic rings. The zero-order valence-electron chi connectivity index (χ0n) is 55.6. The quantitative estimate of drug-likeness (QED) is 0.0349. The van der Waals surface area contributed by atoms with Crippen molar-refractivity contribution < 1.29 is 28.4 Å². The number of anilines is 12. The number of hydrogen-bond acceptors (Lipinski definition) is 25. The Balaban J connectivity index is 0.000000189. The molecule has 0 amide bonds. The van der Waals surface area contributed by atoms with E-state index in [0.29, 0.717) is 111 Å². The summed E-state index contributed by atoms with van der Waals surface area (Å²) in [6, 6.07) is 32.5. The molecule has 528 valence electrons. The fourth-order valence-corrected chi connectivity index (χ4v) is 11.3. The van der Waals surface area contributed by atoms with Gasteiger partial charge in [0.25, 0.3) is 0 Å². The van der Waals surface area contributed by atoms with Crippen molar-refractivity contribution >= 4 is 163 Å². The van der Waals surface area contributed by atoms with Gasteiger partial charge in [-0.05, 0) is 205 Å². The number of nitrogens with one attached hydrogen (secondary N) is 7. The lowest BCUT2D eigenvalue weighted by molar-refractivity contribution is 0.240. The highest BCUT2D eigenvalue weighted by atomic mass is 35.5. The highest BCUT2D eigenvalue weighted by molar-refractivity contribution is 6.34. The Hall–Kier alpha value is -8.25. The number of aromatic amines is 1. The Morgan fingerprint density at radius 1 is 0.434 bits per heavy atom. The zero-order chi connectivity index (χ0) is 71.7. The van der Waals surface area contributed by atoms with Crippen LogP contribution in [0.5, 0.6) is 34.5 Å². The number of rotatable bonds is 19. The number of likely N-dealkylation sites (tertiary alicyclic amines) is 2. The molecule has 3 aromatic heterocycles. The van der Waals surface area contributed by atoms with Crippen LogP contribution in [-0.2, 0) is 0 Å². The van der Waals surface area contributed by atoms with Gasteiger partial charge in [-0.1, -0.05) is 69.6 Å². The molecule has 0 aliphatic carbocycles. The molecule has 34 heteroatoms. The minimum Gasteiger partial charge on any atom is -0.495 e. The van der Waals surface area contributed by atoms with Crippen molar-refractivity contribution in [2.75, 3.05) is 134 Å².